The second-order valence-corrected chi connectivity index (χ2v) is 8.74. The molecule has 0 unspecified atom stereocenters. The molecule has 0 fully saturated rings. The van der Waals surface area contributed by atoms with Gasteiger partial charge in [-0.3, -0.25) is 4.79 Å². The molecule has 0 amide bonds. The number of nitrogens with zero attached hydrogens (tertiary/aromatic N) is 3. The van der Waals surface area contributed by atoms with Gasteiger partial charge in [-0.25, -0.2) is 9.48 Å². The number of rotatable bonds is 8. The second kappa shape index (κ2) is 8.84. The van der Waals surface area contributed by atoms with Gasteiger partial charge >= 0.3 is 11.8 Å². The highest BCUT2D eigenvalue weighted by molar-refractivity contribution is 6.01. The number of carbonyl (C=O) groups is 1. The van der Waals surface area contributed by atoms with Crippen molar-refractivity contribution in [3.63, 3.8) is 0 Å². The van der Waals surface area contributed by atoms with E-state index < -0.39 is 45.9 Å². The van der Waals surface area contributed by atoms with E-state index in [0.717, 1.165) is 12.1 Å². The predicted octanol–water partition coefficient (Wildman–Crippen LogP) is 3.89. The summed E-state index contributed by atoms with van der Waals surface area (Å²) in [6.07, 6.45) is -4.70. The molecule has 0 bridgehead atoms. The first-order valence-corrected chi connectivity index (χ1v) is 10.2. The van der Waals surface area contributed by atoms with Crippen LogP contribution in [-0.4, -0.2) is 50.8 Å². The van der Waals surface area contributed by atoms with E-state index in [9.17, 15) is 27.9 Å². The van der Waals surface area contributed by atoms with Crippen molar-refractivity contribution in [1.29, 1.82) is 0 Å². The molecule has 0 aliphatic rings. The normalized spacial score (nSPS) is 12.9. The number of carbonyl (C=O) groups excluding carboxylic acids is 1. The van der Waals surface area contributed by atoms with E-state index in [-0.39, 0.29) is 28.0 Å². The van der Waals surface area contributed by atoms with Crippen molar-refractivity contribution >= 4 is 16.8 Å². The summed E-state index contributed by atoms with van der Waals surface area (Å²) < 4.78 is 58.3. The molecule has 1 N–H and O–H groups in total. The topological polar surface area (TPSA) is 117 Å². The Labute approximate surface area is 192 Å². The summed E-state index contributed by atoms with van der Waals surface area (Å²) >= 11 is 0. The van der Waals surface area contributed by atoms with Crippen LogP contribution in [0.5, 0.6) is 5.75 Å². The zero-order valence-corrected chi connectivity index (χ0v) is 19.2. The lowest BCUT2D eigenvalue weighted by atomic mass is 9.98. The molecule has 3 rings (SSSR count). The van der Waals surface area contributed by atoms with E-state index in [2.05, 4.69) is 10.3 Å². The molecule has 12 heteroatoms. The number of benzene rings is 1. The van der Waals surface area contributed by atoms with Crippen molar-refractivity contribution in [2.24, 2.45) is 0 Å². The fraction of sp³-hybridized carbons (Fsp3) is 0.455. The molecule has 1 aromatic carbocycles. The smallest absolute Gasteiger partial charge is 0.435 e. The number of fused-ring (bicyclic) bond motifs is 1. The lowest BCUT2D eigenvalue weighted by Gasteiger charge is -2.27. The highest BCUT2D eigenvalue weighted by atomic mass is 19.4. The number of ketones is 1. The van der Waals surface area contributed by atoms with Crippen LogP contribution >= 0.6 is 0 Å². The van der Waals surface area contributed by atoms with Crippen molar-refractivity contribution in [3.8, 4) is 11.4 Å². The van der Waals surface area contributed by atoms with Gasteiger partial charge in [-0.15, -0.1) is 5.10 Å². The van der Waals surface area contributed by atoms with Gasteiger partial charge in [0.2, 0.25) is 5.78 Å². The zero-order valence-electron chi connectivity index (χ0n) is 19.2. The van der Waals surface area contributed by atoms with Gasteiger partial charge in [0.15, 0.2) is 17.1 Å². The maximum Gasteiger partial charge on any atom is 0.435 e. The van der Waals surface area contributed by atoms with Gasteiger partial charge in [0.1, 0.15) is 16.9 Å². The molecule has 2 heterocycles. The number of ether oxygens (including phenoxy) is 2. The number of methoxy groups -OCH3 is 1. The summed E-state index contributed by atoms with van der Waals surface area (Å²) in [6.45, 7) is 6.29. The number of alkyl halides is 3. The Morgan fingerprint density at radius 3 is 2.47 bits per heavy atom. The summed E-state index contributed by atoms with van der Waals surface area (Å²) in [4.78, 5) is 25.5. The SMILES string of the molecule is COC(C)(C)CCOC(C)(C)C(=O)c1nnn(-c2cc3ccc(O)cc3oc2=O)c1C(F)(F)F. The minimum Gasteiger partial charge on any atom is -0.508 e. The molecule has 184 valence electrons. The Kier molecular flexibility index (Phi) is 6.60. The Bertz CT molecular complexity index is 1280. The minimum atomic E-state index is -5.08. The largest absolute Gasteiger partial charge is 0.508 e. The lowest BCUT2D eigenvalue weighted by Crippen LogP contribution is -2.38. The van der Waals surface area contributed by atoms with Crippen LogP contribution < -0.4 is 5.63 Å². The molecule has 0 aliphatic heterocycles. The molecule has 9 nitrogen and oxygen atoms in total. The van der Waals surface area contributed by atoms with Gasteiger partial charge in [-0.05, 0) is 52.3 Å². The first-order chi connectivity index (χ1) is 15.7. The summed E-state index contributed by atoms with van der Waals surface area (Å²) in [5.74, 6) is -1.25. The van der Waals surface area contributed by atoms with Crippen LogP contribution in [0.15, 0.2) is 33.5 Å². The Morgan fingerprint density at radius 2 is 1.85 bits per heavy atom. The molecule has 0 radical (unpaired) electrons. The Hall–Kier alpha value is -3.25. The lowest BCUT2D eigenvalue weighted by molar-refractivity contribution is -0.143. The standard InChI is InChI=1S/C22H24F3N3O6/c1-20(2,32-5)8-9-33-21(3,4)18(30)16-17(22(23,24)25)28(27-26-16)14-10-12-6-7-13(29)11-15(12)34-19(14)31/h6-7,10-11,29H,8-9H2,1-5H3. The third kappa shape index (κ3) is 5.12. The van der Waals surface area contributed by atoms with Crippen molar-refractivity contribution in [2.75, 3.05) is 13.7 Å². The van der Waals surface area contributed by atoms with E-state index in [4.69, 9.17) is 13.9 Å². The van der Waals surface area contributed by atoms with Crippen molar-refractivity contribution in [3.05, 3.63) is 46.1 Å². The van der Waals surface area contributed by atoms with E-state index in [0.29, 0.717) is 6.42 Å². The molecule has 34 heavy (non-hydrogen) atoms. The highest BCUT2D eigenvalue weighted by Gasteiger charge is 2.45. The van der Waals surface area contributed by atoms with E-state index in [1.54, 1.807) is 13.8 Å². The van der Waals surface area contributed by atoms with Crippen molar-refractivity contribution in [2.45, 2.75) is 51.5 Å². The van der Waals surface area contributed by atoms with Crippen LogP contribution in [0, 0.1) is 0 Å². The Balaban J connectivity index is 2.04. The number of Topliss-reactive ketones (excluding diaryl/α,β-unsaturated/α-hetero) is 1. The van der Waals surface area contributed by atoms with Crippen molar-refractivity contribution < 1.29 is 37.0 Å². The van der Waals surface area contributed by atoms with E-state index >= 15 is 0 Å². The number of aromatic hydroxyl groups is 1. The number of phenolic OH excluding ortho intramolecular Hbond substituents is 1. The van der Waals surface area contributed by atoms with E-state index in [1.165, 1.54) is 33.1 Å². The van der Waals surface area contributed by atoms with E-state index in [1.807, 2.05) is 0 Å². The first kappa shape index (κ1) is 25.4. The molecule has 0 saturated carbocycles. The summed E-state index contributed by atoms with van der Waals surface area (Å²) in [6, 6.07) is 4.88. The first-order valence-electron chi connectivity index (χ1n) is 10.2. The quantitative estimate of drug-likeness (QED) is 0.379. The molecule has 0 aliphatic carbocycles. The molecule has 0 saturated heterocycles. The number of hydrogen-bond donors (Lipinski definition) is 1. The highest BCUT2D eigenvalue weighted by Crippen LogP contribution is 2.34. The average molecular weight is 483 g/mol. The molecule has 0 atom stereocenters. The molecule has 0 spiro atoms. The third-order valence-electron chi connectivity index (χ3n) is 5.35. The average Bonchev–Trinajstić information content (AvgIpc) is 3.17. The Morgan fingerprint density at radius 1 is 1.18 bits per heavy atom. The van der Waals surface area contributed by atoms with Gasteiger partial charge in [-0.1, -0.05) is 5.21 Å². The second-order valence-electron chi connectivity index (χ2n) is 8.74. The summed E-state index contributed by atoms with van der Waals surface area (Å²) in [7, 11) is 1.51. The third-order valence-corrected chi connectivity index (χ3v) is 5.35. The molecular weight excluding hydrogens is 459 g/mol. The van der Waals surface area contributed by atoms with Gasteiger partial charge in [0.25, 0.3) is 0 Å². The van der Waals surface area contributed by atoms with Crippen LogP contribution in [0.25, 0.3) is 16.7 Å². The van der Waals surface area contributed by atoms with Crippen LogP contribution in [0.1, 0.15) is 50.3 Å². The van der Waals surface area contributed by atoms with Crippen LogP contribution in [0.4, 0.5) is 13.2 Å². The van der Waals surface area contributed by atoms with Crippen LogP contribution in [0.3, 0.4) is 0 Å². The molecule has 3 aromatic rings. The number of halogens is 3. The van der Waals surface area contributed by atoms with Gasteiger partial charge in [0, 0.05) is 18.6 Å². The van der Waals surface area contributed by atoms with Crippen LogP contribution in [0.2, 0.25) is 0 Å². The fourth-order valence-corrected chi connectivity index (χ4v) is 3.10. The number of aromatic nitrogens is 3. The number of phenols is 1. The maximum atomic E-state index is 14.1. The zero-order chi connectivity index (χ0) is 25.5. The number of hydrogen-bond acceptors (Lipinski definition) is 8. The fourth-order valence-electron chi connectivity index (χ4n) is 3.10. The molecular formula is C22H24F3N3O6. The summed E-state index contributed by atoms with van der Waals surface area (Å²) in [5, 5.41) is 16.7. The van der Waals surface area contributed by atoms with Gasteiger partial charge < -0.3 is 19.0 Å². The monoisotopic (exact) mass is 483 g/mol. The van der Waals surface area contributed by atoms with Gasteiger partial charge in [0.05, 0.1) is 12.2 Å². The minimum absolute atomic E-state index is 0.0350. The predicted molar refractivity (Wildman–Crippen MR) is 114 cm³/mol. The molecule has 2 aromatic heterocycles. The van der Waals surface area contributed by atoms with Crippen molar-refractivity contribution in [1.82, 2.24) is 15.0 Å². The van der Waals surface area contributed by atoms with Crippen LogP contribution in [-0.2, 0) is 15.7 Å². The van der Waals surface area contributed by atoms with Gasteiger partial charge in [-0.2, -0.15) is 13.2 Å². The maximum absolute atomic E-state index is 14.1. The summed E-state index contributed by atoms with van der Waals surface area (Å²) in [5.41, 5.74) is -6.54.